The Morgan fingerprint density at radius 1 is 1.37 bits per heavy atom. The maximum atomic E-state index is 11.6. The van der Waals surface area contributed by atoms with Gasteiger partial charge in [-0.05, 0) is 74.1 Å². The predicted octanol–water partition coefficient (Wildman–Crippen LogP) is 5.03. The van der Waals surface area contributed by atoms with Gasteiger partial charge in [0.05, 0.1) is 21.3 Å². The molecular weight excluding hydrogens is 498 g/mol. The van der Waals surface area contributed by atoms with Crippen molar-refractivity contribution in [2.45, 2.75) is 65.7 Å². The molecule has 1 aromatic heterocycles. The van der Waals surface area contributed by atoms with Gasteiger partial charge in [0.1, 0.15) is 0 Å². The summed E-state index contributed by atoms with van der Waals surface area (Å²) in [7, 11) is 0. The molecule has 2 aromatic rings. The quantitative estimate of drug-likeness (QED) is 0.283. The van der Waals surface area contributed by atoms with Crippen molar-refractivity contribution in [3.8, 4) is 6.07 Å². The number of aryl methyl sites for hydroxylation is 2. The topological polar surface area (TPSA) is 144 Å². The first-order valence-electron chi connectivity index (χ1n) is 13.1. The van der Waals surface area contributed by atoms with Crippen LogP contribution in [-0.2, 0) is 27.2 Å². The molecule has 0 bridgehead atoms. The number of carbonyl (C=O) groups excluding carboxylic acids is 2. The van der Waals surface area contributed by atoms with E-state index in [0.29, 0.717) is 18.4 Å². The van der Waals surface area contributed by atoms with E-state index in [2.05, 4.69) is 56.3 Å². The number of hydrogen-bond donors (Lipinski definition) is 3. The van der Waals surface area contributed by atoms with Gasteiger partial charge in [0.25, 0.3) is 0 Å². The van der Waals surface area contributed by atoms with Crippen molar-refractivity contribution < 1.29 is 14.3 Å². The third kappa shape index (κ3) is 15.1. The van der Waals surface area contributed by atoms with Gasteiger partial charge in [0.2, 0.25) is 12.3 Å². The molecule has 0 aliphatic carbocycles. The van der Waals surface area contributed by atoms with Gasteiger partial charge in [-0.15, -0.1) is 11.3 Å². The number of nitrogens with zero attached hydrogens (tertiary/aromatic N) is 2. The molecule has 2 amide bonds. The average molecular weight is 544 g/mol. The summed E-state index contributed by atoms with van der Waals surface area (Å²) >= 11 is 1.81. The maximum absolute atomic E-state index is 11.6. The molecule has 5 N–H and O–H groups in total. The zero-order valence-corrected chi connectivity index (χ0v) is 24.0. The zero-order valence-electron chi connectivity index (χ0n) is 23.2. The summed E-state index contributed by atoms with van der Waals surface area (Å²) in [6.07, 6.45) is 8.88. The van der Waals surface area contributed by atoms with Crippen LogP contribution in [0.1, 0.15) is 63.4 Å². The fraction of sp³-hybridized carbons (Fsp3) is 0.517. The van der Waals surface area contributed by atoms with Crippen molar-refractivity contribution in [2.75, 3.05) is 19.8 Å². The molecule has 1 aliphatic heterocycles. The van der Waals surface area contributed by atoms with E-state index in [1.54, 1.807) is 17.4 Å². The number of nitrogens with one attached hydrogen (secondary N) is 1. The average Bonchev–Trinajstić information content (AvgIpc) is 3.32. The van der Waals surface area contributed by atoms with Crippen LogP contribution in [-0.4, -0.2) is 37.1 Å². The van der Waals surface area contributed by atoms with Crippen LogP contribution in [0.2, 0.25) is 0 Å². The largest absolute Gasteiger partial charge is 0.403 e. The maximum Gasteiger partial charge on any atom is 0.243 e. The van der Waals surface area contributed by atoms with Crippen molar-refractivity contribution in [1.82, 2.24) is 10.3 Å². The number of nitrogens with two attached hydrogens (primary N) is 2. The summed E-state index contributed by atoms with van der Waals surface area (Å²) < 4.78 is 6.79. The van der Waals surface area contributed by atoms with Gasteiger partial charge in [0, 0.05) is 32.4 Å². The lowest BCUT2D eigenvalue weighted by Crippen LogP contribution is -2.34. The Morgan fingerprint density at radius 2 is 2.00 bits per heavy atom. The van der Waals surface area contributed by atoms with E-state index < -0.39 is 0 Å². The van der Waals surface area contributed by atoms with E-state index in [1.807, 2.05) is 0 Å². The normalized spacial score (nSPS) is 13.1. The second-order valence-electron chi connectivity index (χ2n) is 8.73. The molecule has 2 heterocycles. The van der Waals surface area contributed by atoms with E-state index in [-0.39, 0.29) is 12.3 Å². The molecule has 210 valence electrons. The van der Waals surface area contributed by atoms with Gasteiger partial charge in [-0.1, -0.05) is 39.5 Å². The van der Waals surface area contributed by atoms with E-state index >= 15 is 0 Å². The molecule has 0 spiro atoms. The fourth-order valence-electron chi connectivity index (χ4n) is 3.97. The minimum absolute atomic E-state index is 0.0888. The third-order valence-electron chi connectivity index (χ3n) is 5.86. The van der Waals surface area contributed by atoms with Crippen molar-refractivity contribution in [2.24, 2.45) is 23.3 Å². The smallest absolute Gasteiger partial charge is 0.243 e. The summed E-state index contributed by atoms with van der Waals surface area (Å²) in [6, 6.07) is 8.31. The van der Waals surface area contributed by atoms with Crippen LogP contribution in [0.4, 0.5) is 0 Å². The SMILES string of the molecule is C=C(N)CCC.C=CC(=O)NCC(CCc1nc2ccc(CC)cc2s1)C1CCOCC1.CC#N.NC=O. The van der Waals surface area contributed by atoms with Crippen LogP contribution in [0, 0.1) is 23.2 Å². The molecule has 1 fully saturated rings. The van der Waals surface area contributed by atoms with E-state index in [9.17, 15) is 4.79 Å². The number of ether oxygens (including phenoxy) is 1. The van der Waals surface area contributed by atoms with Crippen molar-refractivity contribution in [1.29, 1.82) is 5.26 Å². The van der Waals surface area contributed by atoms with Crippen LogP contribution in [0.15, 0.2) is 43.1 Å². The second kappa shape index (κ2) is 21.8. The fourth-order valence-corrected chi connectivity index (χ4v) is 5.02. The highest BCUT2D eigenvalue weighted by Crippen LogP contribution is 2.29. The summed E-state index contributed by atoms with van der Waals surface area (Å²) in [5, 5.41) is 11.5. The minimum Gasteiger partial charge on any atom is -0.403 e. The van der Waals surface area contributed by atoms with E-state index in [0.717, 1.165) is 69.4 Å². The molecule has 1 atom stereocenters. The highest BCUT2D eigenvalue weighted by Gasteiger charge is 2.24. The number of hydrogen-bond acceptors (Lipinski definition) is 7. The third-order valence-corrected chi connectivity index (χ3v) is 6.94. The molecule has 3 rings (SSSR count). The van der Waals surface area contributed by atoms with E-state index in [4.69, 9.17) is 25.5 Å². The van der Waals surface area contributed by atoms with Crippen molar-refractivity contribution >= 4 is 33.9 Å². The highest BCUT2D eigenvalue weighted by atomic mass is 32.1. The number of amides is 2. The molecule has 0 saturated carbocycles. The number of fused-ring (bicyclic) bond motifs is 1. The Morgan fingerprint density at radius 3 is 2.50 bits per heavy atom. The monoisotopic (exact) mass is 543 g/mol. The molecule has 1 aliphatic rings. The standard InChI is InChI=1S/C21H28N2O2S.C5H11N.C2H3N.CH3NO/c1-3-15-5-7-18-19(13-15)26-21(23-18)8-6-17(14-22-20(24)4-2)16-9-11-25-12-10-16;1-3-4-5(2)6;1-2-3;2-1-3/h4-5,7,13,16-17H,2-3,6,8-12,14H2,1H3,(H,22,24);2-4,6H2,1H3;1H3;1H,(H2,2,3). The van der Waals surface area contributed by atoms with Gasteiger partial charge in [-0.25, -0.2) is 4.98 Å². The Hall–Kier alpha value is -3.22. The first kappa shape index (κ1) is 34.8. The van der Waals surface area contributed by atoms with Crippen LogP contribution in [0.25, 0.3) is 10.2 Å². The summed E-state index contributed by atoms with van der Waals surface area (Å²) in [5.41, 5.74) is 12.6. The lowest BCUT2D eigenvalue weighted by atomic mass is 9.83. The Balaban J connectivity index is 0.000000963. The molecule has 1 unspecified atom stereocenters. The minimum atomic E-state index is -0.0888. The van der Waals surface area contributed by atoms with Crippen LogP contribution in [0.5, 0.6) is 0 Å². The zero-order chi connectivity index (χ0) is 28.8. The second-order valence-corrected chi connectivity index (χ2v) is 9.84. The lowest BCUT2D eigenvalue weighted by Gasteiger charge is -2.30. The summed E-state index contributed by atoms with van der Waals surface area (Å²) in [6.45, 7) is 15.1. The van der Waals surface area contributed by atoms with Gasteiger partial charge < -0.3 is 21.5 Å². The molecule has 9 heteroatoms. The van der Waals surface area contributed by atoms with Gasteiger partial charge >= 0.3 is 0 Å². The molecule has 38 heavy (non-hydrogen) atoms. The molecular formula is C29H45N5O3S. The van der Waals surface area contributed by atoms with Crippen molar-refractivity contribution in [3.05, 3.63) is 53.7 Å². The van der Waals surface area contributed by atoms with Gasteiger partial charge in [-0.2, -0.15) is 5.26 Å². The van der Waals surface area contributed by atoms with Crippen LogP contribution < -0.4 is 16.8 Å². The molecule has 1 saturated heterocycles. The van der Waals surface area contributed by atoms with Gasteiger partial charge in [-0.3, -0.25) is 9.59 Å². The number of rotatable bonds is 10. The molecule has 8 nitrogen and oxygen atoms in total. The number of carbonyl (C=O) groups is 2. The Kier molecular flexibility index (Phi) is 20.0. The Bertz CT molecular complexity index is 1010. The number of nitriles is 1. The van der Waals surface area contributed by atoms with Crippen molar-refractivity contribution in [3.63, 3.8) is 0 Å². The van der Waals surface area contributed by atoms with Crippen LogP contribution in [0.3, 0.4) is 0 Å². The number of primary amides is 1. The number of thiazole rings is 1. The predicted molar refractivity (Wildman–Crippen MR) is 157 cm³/mol. The first-order chi connectivity index (χ1) is 18.3. The molecule has 1 aromatic carbocycles. The van der Waals surface area contributed by atoms with E-state index in [1.165, 1.54) is 28.3 Å². The Labute approximate surface area is 232 Å². The number of allylic oxidation sites excluding steroid dienone is 1. The number of benzene rings is 1. The molecule has 0 radical (unpaired) electrons. The highest BCUT2D eigenvalue weighted by molar-refractivity contribution is 7.18. The van der Waals surface area contributed by atoms with Crippen LogP contribution >= 0.6 is 11.3 Å². The van der Waals surface area contributed by atoms with Gasteiger partial charge in [0.15, 0.2) is 0 Å². The summed E-state index contributed by atoms with van der Waals surface area (Å²) in [5.74, 6) is 0.977. The first-order valence-corrected chi connectivity index (χ1v) is 13.9. The summed E-state index contributed by atoms with van der Waals surface area (Å²) in [4.78, 5) is 25.0. The number of aromatic nitrogens is 1. The lowest BCUT2D eigenvalue weighted by molar-refractivity contribution is -0.116.